The van der Waals surface area contributed by atoms with Crippen molar-refractivity contribution in [3.63, 3.8) is 0 Å². The summed E-state index contributed by atoms with van der Waals surface area (Å²) in [4.78, 5) is 24.1. The molecule has 0 bridgehead atoms. The normalized spacial score (nSPS) is 19.0. The second kappa shape index (κ2) is 5.54. The summed E-state index contributed by atoms with van der Waals surface area (Å²) in [6, 6.07) is 0.235. The minimum atomic E-state index is -4.69. The molecule has 7 nitrogen and oxygen atoms in total. The van der Waals surface area contributed by atoms with E-state index in [1.807, 2.05) is 0 Å². The van der Waals surface area contributed by atoms with Crippen molar-refractivity contribution in [3.05, 3.63) is 28.1 Å². The van der Waals surface area contributed by atoms with E-state index in [4.69, 9.17) is 0 Å². The second-order valence-electron chi connectivity index (χ2n) is 4.53. The van der Waals surface area contributed by atoms with Crippen LogP contribution in [-0.4, -0.2) is 28.4 Å². The number of nitrogens with one attached hydrogen (secondary N) is 2. The molecular formula is C11H11F3N4O3. The number of halogens is 3. The van der Waals surface area contributed by atoms with Crippen LogP contribution in [0.15, 0.2) is 12.3 Å². The summed E-state index contributed by atoms with van der Waals surface area (Å²) < 4.78 is 37.8. The SMILES string of the molecule is O=C1CCC(Nc2cc(C(F)(F)F)ncc2[N+](=O)[O-])CN1. The smallest absolute Gasteiger partial charge is 0.375 e. The van der Waals surface area contributed by atoms with Gasteiger partial charge in [-0.25, -0.2) is 4.98 Å². The first-order chi connectivity index (χ1) is 9.77. The summed E-state index contributed by atoms with van der Waals surface area (Å²) in [6.07, 6.45) is -3.52. The minimum Gasteiger partial charge on any atom is -0.375 e. The van der Waals surface area contributed by atoms with Crippen LogP contribution >= 0.6 is 0 Å². The minimum absolute atomic E-state index is 0.159. The first-order valence-corrected chi connectivity index (χ1v) is 6.02. The average molecular weight is 304 g/mol. The highest BCUT2D eigenvalue weighted by Gasteiger charge is 2.34. The number of hydrogen-bond donors (Lipinski definition) is 2. The van der Waals surface area contributed by atoms with Crippen molar-refractivity contribution in [1.29, 1.82) is 0 Å². The zero-order valence-corrected chi connectivity index (χ0v) is 10.6. The zero-order chi connectivity index (χ0) is 15.6. The highest BCUT2D eigenvalue weighted by atomic mass is 19.4. The van der Waals surface area contributed by atoms with Crippen LogP contribution in [0.25, 0.3) is 0 Å². The Bertz CT molecular complexity index is 566. The lowest BCUT2D eigenvalue weighted by Gasteiger charge is -2.24. The Morgan fingerprint density at radius 2 is 2.19 bits per heavy atom. The van der Waals surface area contributed by atoms with Crippen molar-refractivity contribution in [1.82, 2.24) is 10.3 Å². The fourth-order valence-electron chi connectivity index (χ4n) is 1.94. The van der Waals surface area contributed by atoms with Gasteiger partial charge in [0.1, 0.15) is 17.6 Å². The van der Waals surface area contributed by atoms with Crippen LogP contribution in [-0.2, 0) is 11.0 Å². The largest absolute Gasteiger partial charge is 0.433 e. The van der Waals surface area contributed by atoms with Gasteiger partial charge in [-0.3, -0.25) is 14.9 Å². The van der Waals surface area contributed by atoms with Crippen LogP contribution < -0.4 is 10.6 Å². The Kier molecular flexibility index (Phi) is 3.96. The van der Waals surface area contributed by atoms with E-state index in [2.05, 4.69) is 15.6 Å². The van der Waals surface area contributed by atoms with Crippen molar-refractivity contribution in [2.45, 2.75) is 25.1 Å². The molecule has 1 amide bonds. The van der Waals surface area contributed by atoms with Gasteiger partial charge in [-0.05, 0) is 12.5 Å². The fraction of sp³-hybridized carbons (Fsp3) is 0.455. The van der Waals surface area contributed by atoms with Crippen LogP contribution in [0.5, 0.6) is 0 Å². The quantitative estimate of drug-likeness (QED) is 0.654. The number of nitro groups is 1. The monoisotopic (exact) mass is 304 g/mol. The van der Waals surface area contributed by atoms with E-state index < -0.39 is 22.5 Å². The van der Waals surface area contributed by atoms with Crippen LogP contribution in [0, 0.1) is 10.1 Å². The van der Waals surface area contributed by atoms with Gasteiger partial charge in [-0.1, -0.05) is 0 Å². The lowest BCUT2D eigenvalue weighted by Crippen LogP contribution is -2.42. The Labute approximate surface area is 116 Å². The lowest BCUT2D eigenvalue weighted by atomic mass is 10.1. The van der Waals surface area contributed by atoms with Gasteiger partial charge >= 0.3 is 11.9 Å². The third kappa shape index (κ3) is 3.58. The number of hydrogen-bond acceptors (Lipinski definition) is 5. The number of nitrogens with zero attached hydrogens (tertiary/aromatic N) is 2. The highest BCUT2D eigenvalue weighted by molar-refractivity contribution is 5.77. The number of carbonyl (C=O) groups excluding carboxylic acids is 1. The van der Waals surface area contributed by atoms with E-state index in [-0.39, 0.29) is 30.6 Å². The molecule has 0 spiro atoms. The molecule has 1 aliphatic heterocycles. The zero-order valence-electron chi connectivity index (χ0n) is 10.6. The molecule has 0 aliphatic carbocycles. The topological polar surface area (TPSA) is 97.2 Å². The van der Waals surface area contributed by atoms with Crippen LogP contribution in [0.4, 0.5) is 24.5 Å². The van der Waals surface area contributed by atoms with Gasteiger partial charge in [-0.2, -0.15) is 13.2 Å². The molecule has 2 heterocycles. The van der Waals surface area contributed by atoms with Gasteiger partial charge in [0, 0.05) is 19.0 Å². The third-order valence-electron chi connectivity index (χ3n) is 3.00. The van der Waals surface area contributed by atoms with E-state index in [1.54, 1.807) is 0 Å². The molecule has 1 aromatic rings. The maximum Gasteiger partial charge on any atom is 0.433 e. The Morgan fingerprint density at radius 3 is 2.71 bits per heavy atom. The molecule has 114 valence electrons. The van der Waals surface area contributed by atoms with E-state index in [9.17, 15) is 28.1 Å². The molecule has 1 saturated heterocycles. The molecular weight excluding hydrogens is 293 g/mol. The molecule has 2 N–H and O–H groups in total. The molecule has 1 aliphatic rings. The number of piperidine rings is 1. The predicted molar refractivity (Wildman–Crippen MR) is 65.5 cm³/mol. The van der Waals surface area contributed by atoms with Gasteiger partial charge in [0.05, 0.1) is 4.92 Å². The summed E-state index contributed by atoms with van der Waals surface area (Å²) in [5.74, 6) is -0.159. The molecule has 0 saturated carbocycles. The van der Waals surface area contributed by atoms with Crippen molar-refractivity contribution in [2.24, 2.45) is 0 Å². The number of amides is 1. The Balaban J connectivity index is 2.26. The van der Waals surface area contributed by atoms with Gasteiger partial charge < -0.3 is 10.6 Å². The van der Waals surface area contributed by atoms with E-state index in [1.165, 1.54) is 0 Å². The van der Waals surface area contributed by atoms with Gasteiger partial charge in [0.25, 0.3) is 0 Å². The summed E-state index contributed by atoms with van der Waals surface area (Å²) in [5.41, 5.74) is -2.01. The van der Waals surface area contributed by atoms with Gasteiger partial charge in [-0.15, -0.1) is 0 Å². The molecule has 10 heteroatoms. The molecule has 0 aromatic carbocycles. The molecule has 1 fully saturated rings. The van der Waals surface area contributed by atoms with Gasteiger partial charge in [0.2, 0.25) is 5.91 Å². The van der Waals surface area contributed by atoms with E-state index in [0.717, 1.165) is 0 Å². The maximum absolute atomic E-state index is 12.6. The maximum atomic E-state index is 12.6. The molecule has 0 radical (unpaired) electrons. The lowest BCUT2D eigenvalue weighted by molar-refractivity contribution is -0.384. The number of rotatable bonds is 3. The standard InChI is InChI=1S/C11H11F3N4O3/c12-11(13,14)9-3-7(8(5-15-9)18(20)21)17-6-1-2-10(19)16-4-6/h3,5-6H,1-2,4H2,(H,15,17)(H,16,19). The summed E-state index contributed by atoms with van der Waals surface area (Å²) in [7, 11) is 0. The summed E-state index contributed by atoms with van der Waals surface area (Å²) in [6.45, 7) is 0.194. The van der Waals surface area contributed by atoms with E-state index >= 15 is 0 Å². The molecule has 1 aromatic heterocycles. The summed E-state index contributed by atoms with van der Waals surface area (Å²) >= 11 is 0. The Hall–Kier alpha value is -2.39. The van der Waals surface area contributed by atoms with Crippen molar-refractivity contribution < 1.29 is 22.9 Å². The number of anilines is 1. The highest BCUT2D eigenvalue weighted by Crippen LogP contribution is 2.33. The third-order valence-corrected chi connectivity index (χ3v) is 3.00. The van der Waals surface area contributed by atoms with Crippen LogP contribution in [0.1, 0.15) is 18.5 Å². The molecule has 1 atom stereocenters. The number of alkyl halides is 3. The average Bonchev–Trinajstić information content (AvgIpc) is 2.40. The van der Waals surface area contributed by atoms with Crippen molar-refractivity contribution >= 4 is 17.3 Å². The first kappa shape index (κ1) is 15.0. The molecule has 1 unspecified atom stereocenters. The molecule has 2 rings (SSSR count). The fourth-order valence-corrected chi connectivity index (χ4v) is 1.94. The van der Waals surface area contributed by atoms with Gasteiger partial charge in [0.15, 0.2) is 0 Å². The number of pyridine rings is 1. The predicted octanol–water partition coefficient (Wildman–Crippen LogP) is 1.70. The second-order valence-corrected chi connectivity index (χ2v) is 4.53. The van der Waals surface area contributed by atoms with E-state index in [0.29, 0.717) is 18.7 Å². The summed E-state index contributed by atoms with van der Waals surface area (Å²) in [5, 5.41) is 16.1. The molecule has 21 heavy (non-hydrogen) atoms. The van der Waals surface area contributed by atoms with Crippen molar-refractivity contribution in [3.8, 4) is 0 Å². The van der Waals surface area contributed by atoms with Crippen LogP contribution in [0.2, 0.25) is 0 Å². The first-order valence-electron chi connectivity index (χ1n) is 6.02. The number of aromatic nitrogens is 1. The van der Waals surface area contributed by atoms with Crippen LogP contribution in [0.3, 0.4) is 0 Å². The Morgan fingerprint density at radius 1 is 1.48 bits per heavy atom. The van der Waals surface area contributed by atoms with Crippen molar-refractivity contribution in [2.75, 3.05) is 11.9 Å². The number of carbonyl (C=O) groups is 1.